The van der Waals surface area contributed by atoms with Gasteiger partial charge in [-0.15, -0.1) is 5.11 Å². The zero-order chi connectivity index (χ0) is 23.0. The topological polar surface area (TPSA) is 214 Å². The normalized spacial score (nSPS) is 12.3. The molecular weight excluding hydrogens is 456 g/mol. The van der Waals surface area contributed by atoms with Crippen molar-refractivity contribution in [2.75, 3.05) is 0 Å². The quantitative estimate of drug-likeness (QED) is 0.392. The molecule has 0 saturated heterocycles. The Morgan fingerprint density at radius 1 is 0.871 bits per heavy atom. The highest BCUT2D eigenvalue weighted by Gasteiger charge is 2.21. The van der Waals surface area contributed by atoms with Gasteiger partial charge in [0, 0.05) is 0 Å². The van der Waals surface area contributed by atoms with E-state index in [1.807, 2.05) is 0 Å². The second kappa shape index (κ2) is 7.88. The fraction of sp³-hybridized carbons (Fsp3) is 0. The number of nitrogens with zero attached hydrogens (tertiary/aromatic N) is 3. The molecule has 0 bridgehead atoms. The highest BCUT2D eigenvalue weighted by atomic mass is 32.2. The fourth-order valence-electron chi connectivity index (χ4n) is 2.40. The van der Waals surface area contributed by atoms with Crippen LogP contribution in [0.15, 0.2) is 73.3 Å². The summed E-state index contributed by atoms with van der Waals surface area (Å²) < 4.78 is 66.5. The van der Waals surface area contributed by atoms with E-state index >= 15 is 0 Å². The van der Waals surface area contributed by atoms with Crippen molar-refractivity contribution in [1.29, 1.82) is 0 Å². The molecule has 0 aliphatic rings. The molecule has 3 aromatic rings. The lowest BCUT2D eigenvalue weighted by atomic mass is 10.3. The van der Waals surface area contributed by atoms with E-state index in [1.54, 1.807) is 0 Å². The van der Waals surface area contributed by atoms with Crippen LogP contribution in [-0.2, 0) is 20.2 Å². The first kappa shape index (κ1) is 22.0. The summed E-state index contributed by atoms with van der Waals surface area (Å²) in [5.41, 5.74) is -2.13. The summed E-state index contributed by atoms with van der Waals surface area (Å²) in [4.78, 5) is 23.0. The Balaban J connectivity index is 2.02. The van der Waals surface area contributed by atoms with Crippen LogP contribution in [0.2, 0.25) is 0 Å². The Hall–Kier alpha value is -3.66. The van der Waals surface area contributed by atoms with Gasteiger partial charge >= 0.3 is 5.97 Å². The molecule has 15 heteroatoms. The van der Waals surface area contributed by atoms with Gasteiger partial charge in [-0.25, -0.2) is 26.3 Å². The van der Waals surface area contributed by atoms with Crippen LogP contribution in [0, 0.1) is 0 Å². The number of aromatic nitrogens is 2. The number of carboxylic acid groups (broad SMARTS) is 1. The van der Waals surface area contributed by atoms with Crippen LogP contribution in [0.4, 0.5) is 11.4 Å². The predicted octanol–water partition coefficient (Wildman–Crippen LogP) is 1.09. The maximum Gasteiger partial charge on any atom is 0.356 e. The van der Waals surface area contributed by atoms with E-state index in [9.17, 15) is 40.6 Å². The van der Waals surface area contributed by atoms with Gasteiger partial charge in [0.1, 0.15) is 20.2 Å². The summed E-state index contributed by atoms with van der Waals surface area (Å²) >= 11 is 0. The molecule has 0 atom stereocenters. The van der Waals surface area contributed by atoms with Crippen LogP contribution < -0.4 is 5.56 Å². The molecule has 2 aromatic carbocycles. The number of aromatic amines is 1. The molecule has 13 nitrogen and oxygen atoms in total. The highest BCUT2D eigenvalue weighted by Crippen LogP contribution is 2.21. The number of carbonyl (C=O) groups is 1. The zero-order valence-corrected chi connectivity index (χ0v) is 16.6. The maximum absolute atomic E-state index is 12.6. The smallest absolute Gasteiger partial charge is 0.356 e. The maximum atomic E-state index is 12.6. The number of hydrogen-bond donors (Lipinski definition) is 2. The van der Waals surface area contributed by atoms with Gasteiger partial charge in [-0.2, -0.15) is 5.11 Å². The summed E-state index contributed by atoms with van der Waals surface area (Å²) in [5, 5.41) is 18.9. The van der Waals surface area contributed by atoms with Crippen molar-refractivity contribution in [1.82, 2.24) is 9.78 Å². The van der Waals surface area contributed by atoms with Crippen molar-refractivity contribution in [3.8, 4) is 5.69 Å². The third-order valence-electron chi connectivity index (χ3n) is 3.85. The Morgan fingerprint density at radius 3 is 1.81 bits per heavy atom. The number of benzene rings is 2. The third-order valence-corrected chi connectivity index (χ3v) is 5.55. The van der Waals surface area contributed by atoms with Crippen molar-refractivity contribution >= 4 is 37.6 Å². The van der Waals surface area contributed by atoms with Crippen LogP contribution in [-0.4, -0.2) is 46.8 Å². The van der Waals surface area contributed by atoms with Crippen LogP contribution in [0.3, 0.4) is 0 Å². The second-order valence-corrected chi connectivity index (χ2v) is 8.64. The van der Waals surface area contributed by atoms with Crippen molar-refractivity contribution in [3.63, 3.8) is 0 Å². The van der Waals surface area contributed by atoms with Crippen molar-refractivity contribution in [2.45, 2.75) is 9.79 Å². The monoisotopic (exact) mass is 466 g/mol. The molecule has 0 saturated carbocycles. The minimum absolute atomic E-state index is 0.0198. The first-order valence-electron chi connectivity index (χ1n) is 8.00. The van der Waals surface area contributed by atoms with Crippen molar-refractivity contribution in [2.24, 2.45) is 10.2 Å². The SMILES string of the molecule is O=C(O)c1[nH]n(-c2ccc(S(=O)(=O)[O-])cc2)c(=O)c1N=Nc1ccc(S(=O)(=O)[O-])cc1. The molecule has 31 heavy (non-hydrogen) atoms. The van der Waals surface area contributed by atoms with Gasteiger partial charge in [-0.3, -0.25) is 9.89 Å². The lowest BCUT2D eigenvalue weighted by molar-refractivity contribution is 0.0690. The largest absolute Gasteiger partial charge is 0.744 e. The van der Waals surface area contributed by atoms with Crippen LogP contribution in [0.25, 0.3) is 5.69 Å². The predicted molar refractivity (Wildman–Crippen MR) is 99.9 cm³/mol. The molecule has 162 valence electrons. The molecular formula is C16H10N4O9S2-2. The van der Waals surface area contributed by atoms with Crippen LogP contribution in [0.1, 0.15) is 10.5 Å². The minimum atomic E-state index is -4.71. The van der Waals surface area contributed by atoms with E-state index in [2.05, 4.69) is 15.3 Å². The molecule has 0 aliphatic carbocycles. The average Bonchev–Trinajstić information content (AvgIpc) is 3.02. The summed E-state index contributed by atoms with van der Waals surface area (Å²) in [6, 6.07) is 8.29. The fourth-order valence-corrected chi connectivity index (χ4v) is 3.34. The van der Waals surface area contributed by atoms with Gasteiger partial charge in [-0.05, 0) is 48.5 Å². The van der Waals surface area contributed by atoms with E-state index in [4.69, 9.17) is 0 Å². The van der Waals surface area contributed by atoms with Crippen molar-refractivity contribution < 1.29 is 35.8 Å². The highest BCUT2D eigenvalue weighted by molar-refractivity contribution is 7.86. The Labute approximate surface area is 173 Å². The lowest BCUT2D eigenvalue weighted by Gasteiger charge is -2.07. The molecule has 3 rings (SSSR count). The van der Waals surface area contributed by atoms with Gasteiger partial charge in [0.15, 0.2) is 11.4 Å². The van der Waals surface area contributed by atoms with E-state index in [0.29, 0.717) is 0 Å². The van der Waals surface area contributed by atoms with E-state index in [-0.39, 0.29) is 11.4 Å². The Morgan fingerprint density at radius 2 is 1.35 bits per heavy atom. The molecule has 0 amide bonds. The first-order chi connectivity index (χ1) is 14.4. The molecule has 0 aliphatic heterocycles. The van der Waals surface area contributed by atoms with Gasteiger partial charge in [0.05, 0.1) is 21.2 Å². The van der Waals surface area contributed by atoms with E-state index in [0.717, 1.165) is 53.2 Å². The van der Waals surface area contributed by atoms with Crippen LogP contribution in [0.5, 0.6) is 0 Å². The Kier molecular flexibility index (Phi) is 5.60. The number of carboxylic acids is 1. The molecule has 0 fully saturated rings. The van der Waals surface area contributed by atoms with E-state index in [1.165, 1.54) is 0 Å². The summed E-state index contributed by atoms with van der Waals surface area (Å²) in [6.07, 6.45) is 0. The second-order valence-electron chi connectivity index (χ2n) is 5.88. The average molecular weight is 466 g/mol. The summed E-state index contributed by atoms with van der Waals surface area (Å²) in [5.74, 6) is -1.55. The van der Waals surface area contributed by atoms with Gasteiger partial charge in [-0.1, -0.05) is 0 Å². The summed E-state index contributed by atoms with van der Waals surface area (Å²) in [7, 11) is -9.38. The molecule has 0 spiro atoms. The molecule has 0 radical (unpaired) electrons. The number of H-pyrrole nitrogens is 1. The van der Waals surface area contributed by atoms with Crippen LogP contribution >= 0.6 is 0 Å². The van der Waals surface area contributed by atoms with Gasteiger partial charge in [0.2, 0.25) is 0 Å². The Bertz CT molecular complexity index is 1450. The van der Waals surface area contributed by atoms with Gasteiger partial charge in [0.25, 0.3) is 5.56 Å². The summed E-state index contributed by atoms with van der Waals surface area (Å²) in [6.45, 7) is 0. The third kappa shape index (κ3) is 4.75. The molecule has 1 aromatic heterocycles. The molecule has 2 N–H and O–H groups in total. The molecule has 0 unspecified atom stereocenters. The number of azo groups is 1. The van der Waals surface area contributed by atoms with Crippen molar-refractivity contribution in [3.05, 3.63) is 64.6 Å². The van der Waals surface area contributed by atoms with E-state index < -0.39 is 52.9 Å². The standard InChI is InChI=1S/C16H12N4O9S2/c21-15-13(18-17-9-1-5-11(6-2-9)30(24,25)26)14(16(22)23)19-20(15)10-3-7-12(8-4-10)31(27,28)29/h1-8,19H,(H,22,23)(H,24,25,26)(H,27,28,29)/p-2. The van der Waals surface area contributed by atoms with Gasteiger partial charge < -0.3 is 14.2 Å². The number of aromatic carboxylic acids is 1. The number of rotatable bonds is 6. The first-order valence-corrected chi connectivity index (χ1v) is 10.8. The zero-order valence-electron chi connectivity index (χ0n) is 15.0. The minimum Gasteiger partial charge on any atom is -0.744 e. The number of nitrogens with one attached hydrogen (secondary N) is 1. The molecule has 1 heterocycles. The lowest BCUT2D eigenvalue weighted by Crippen LogP contribution is -2.14. The number of hydrogen-bond acceptors (Lipinski definition) is 10.